The molecule has 0 aromatic heterocycles. The third kappa shape index (κ3) is 3.49. The maximum Gasteiger partial charge on any atom is 0.321 e. The highest BCUT2D eigenvalue weighted by molar-refractivity contribution is 7.91. The molecule has 1 atom stereocenters. The number of nitrogens with two attached hydrogens (primary N) is 1. The van der Waals surface area contributed by atoms with E-state index in [9.17, 15) is 13.2 Å². The number of urea groups is 1. The molecule has 1 aliphatic rings. The van der Waals surface area contributed by atoms with Gasteiger partial charge in [0.1, 0.15) is 0 Å². The van der Waals surface area contributed by atoms with E-state index in [-0.39, 0.29) is 23.6 Å². The molecule has 0 radical (unpaired) electrons. The largest absolute Gasteiger partial charge is 0.326 e. The first-order chi connectivity index (χ1) is 9.41. The van der Waals surface area contributed by atoms with E-state index in [1.807, 2.05) is 12.1 Å². The summed E-state index contributed by atoms with van der Waals surface area (Å²) in [7, 11) is -1.37. The van der Waals surface area contributed by atoms with Crippen molar-refractivity contribution in [3.05, 3.63) is 29.8 Å². The van der Waals surface area contributed by atoms with Crippen molar-refractivity contribution >= 4 is 21.6 Å². The van der Waals surface area contributed by atoms with Gasteiger partial charge in [-0.25, -0.2) is 13.2 Å². The minimum absolute atomic E-state index is 0.0447. The maximum atomic E-state index is 12.1. The highest BCUT2D eigenvalue weighted by Gasteiger charge is 2.32. The van der Waals surface area contributed by atoms with Gasteiger partial charge in [-0.2, -0.15) is 0 Å². The lowest BCUT2D eigenvalue weighted by Gasteiger charge is -2.23. The summed E-state index contributed by atoms with van der Waals surface area (Å²) in [4.78, 5) is 13.5. The quantitative estimate of drug-likeness (QED) is 0.863. The zero-order valence-electron chi connectivity index (χ0n) is 11.4. The molecule has 0 aliphatic carbocycles. The minimum atomic E-state index is -2.99. The Morgan fingerprint density at radius 2 is 2.05 bits per heavy atom. The molecule has 7 heteroatoms. The predicted octanol–water partition coefficient (Wildman–Crippen LogP) is 0.796. The van der Waals surface area contributed by atoms with Crippen LogP contribution in [0.4, 0.5) is 10.5 Å². The molecule has 1 aromatic carbocycles. The van der Waals surface area contributed by atoms with Crippen LogP contribution in [0.2, 0.25) is 0 Å². The maximum absolute atomic E-state index is 12.1. The van der Waals surface area contributed by atoms with E-state index in [1.54, 1.807) is 19.2 Å². The van der Waals surface area contributed by atoms with Gasteiger partial charge in [0, 0.05) is 25.3 Å². The first-order valence-electron chi connectivity index (χ1n) is 6.44. The van der Waals surface area contributed by atoms with E-state index in [0.29, 0.717) is 18.7 Å². The van der Waals surface area contributed by atoms with Crippen molar-refractivity contribution in [1.82, 2.24) is 4.90 Å². The van der Waals surface area contributed by atoms with Crippen LogP contribution >= 0.6 is 0 Å². The Labute approximate surface area is 118 Å². The first-order valence-corrected chi connectivity index (χ1v) is 8.26. The summed E-state index contributed by atoms with van der Waals surface area (Å²) < 4.78 is 22.9. The third-order valence-corrected chi connectivity index (χ3v) is 5.27. The standard InChI is InChI=1S/C13H19N3O3S/c1-16(12-6-7-20(18,19)9-12)13(17)15-11-4-2-10(8-14)3-5-11/h2-5,12H,6-9,14H2,1H3,(H,15,17). The number of amides is 2. The van der Waals surface area contributed by atoms with E-state index < -0.39 is 9.84 Å². The number of carbonyl (C=O) groups excluding carboxylic acids is 1. The summed E-state index contributed by atoms with van der Waals surface area (Å²) in [6, 6.07) is 6.69. The molecular weight excluding hydrogens is 278 g/mol. The summed E-state index contributed by atoms with van der Waals surface area (Å²) in [6.45, 7) is 0.452. The van der Waals surface area contributed by atoms with Gasteiger partial charge in [-0.05, 0) is 24.1 Å². The zero-order valence-corrected chi connectivity index (χ0v) is 12.2. The van der Waals surface area contributed by atoms with Crippen LogP contribution in [0.5, 0.6) is 0 Å². The zero-order chi connectivity index (χ0) is 14.8. The second kappa shape index (κ2) is 5.80. The Morgan fingerprint density at radius 1 is 1.40 bits per heavy atom. The SMILES string of the molecule is CN(C(=O)Nc1ccc(CN)cc1)C1CCS(=O)(=O)C1. The number of nitrogens with one attached hydrogen (secondary N) is 1. The van der Waals surface area contributed by atoms with Gasteiger partial charge in [-0.3, -0.25) is 0 Å². The summed E-state index contributed by atoms with van der Waals surface area (Å²) >= 11 is 0. The van der Waals surface area contributed by atoms with Crippen molar-refractivity contribution in [2.75, 3.05) is 23.9 Å². The monoisotopic (exact) mass is 297 g/mol. The molecular formula is C13H19N3O3S. The summed E-state index contributed by atoms with van der Waals surface area (Å²) in [5.41, 5.74) is 7.16. The lowest BCUT2D eigenvalue weighted by Crippen LogP contribution is -2.40. The van der Waals surface area contributed by atoms with Crippen molar-refractivity contribution < 1.29 is 13.2 Å². The molecule has 110 valence electrons. The van der Waals surface area contributed by atoms with E-state index in [0.717, 1.165) is 5.56 Å². The fourth-order valence-electron chi connectivity index (χ4n) is 2.18. The van der Waals surface area contributed by atoms with Crippen LogP contribution < -0.4 is 11.1 Å². The molecule has 1 aromatic rings. The van der Waals surface area contributed by atoms with Crippen molar-refractivity contribution in [3.63, 3.8) is 0 Å². The van der Waals surface area contributed by atoms with Crippen molar-refractivity contribution in [3.8, 4) is 0 Å². The van der Waals surface area contributed by atoms with Gasteiger partial charge in [0.2, 0.25) is 0 Å². The van der Waals surface area contributed by atoms with Gasteiger partial charge >= 0.3 is 6.03 Å². The lowest BCUT2D eigenvalue weighted by atomic mass is 10.2. The molecule has 1 fully saturated rings. The second-order valence-electron chi connectivity index (χ2n) is 5.00. The van der Waals surface area contributed by atoms with Crippen LogP contribution in [-0.2, 0) is 16.4 Å². The molecule has 0 saturated carbocycles. The number of sulfone groups is 1. The van der Waals surface area contributed by atoms with Gasteiger partial charge < -0.3 is 16.0 Å². The number of nitrogens with zero attached hydrogens (tertiary/aromatic N) is 1. The summed E-state index contributed by atoms with van der Waals surface area (Å²) in [5.74, 6) is 0.198. The van der Waals surface area contributed by atoms with E-state index in [2.05, 4.69) is 5.32 Å². The molecule has 0 spiro atoms. The molecule has 0 bridgehead atoms. The number of carbonyl (C=O) groups is 1. The Kier molecular flexibility index (Phi) is 4.29. The lowest BCUT2D eigenvalue weighted by molar-refractivity contribution is 0.209. The van der Waals surface area contributed by atoms with Crippen molar-refractivity contribution in [1.29, 1.82) is 0 Å². The Hall–Kier alpha value is -1.60. The number of rotatable bonds is 3. The highest BCUT2D eigenvalue weighted by Crippen LogP contribution is 2.18. The summed E-state index contributed by atoms with van der Waals surface area (Å²) in [6.07, 6.45) is 0.498. The number of hydrogen-bond donors (Lipinski definition) is 2. The molecule has 6 nitrogen and oxygen atoms in total. The Bertz CT molecular complexity index is 583. The Morgan fingerprint density at radius 3 is 2.55 bits per heavy atom. The topological polar surface area (TPSA) is 92.5 Å². The molecule has 2 amide bonds. The van der Waals surface area contributed by atoms with Crippen LogP contribution in [0.3, 0.4) is 0 Å². The molecule has 1 heterocycles. The normalized spacial score (nSPS) is 20.6. The van der Waals surface area contributed by atoms with E-state index in [1.165, 1.54) is 4.90 Å². The average Bonchev–Trinajstić information content (AvgIpc) is 2.79. The average molecular weight is 297 g/mol. The number of anilines is 1. The fraction of sp³-hybridized carbons (Fsp3) is 0.462. The molecule has 1 unspecified atom stereocenters. The van der Waals surface area contributed by atoms with Gasteiger partial charge in [-0.15, -0.1) is 0 Å². The van der Waals surface area contributed by atoms with Crippen LogP contribution in [0.15, 0.2) is 24.3 Å². The first kappa shape index (κ1) is 14.8. The van der Waals surface area contributed by atoms with E-state index >= 15 is 0 Å². The summed E-state index contributed by atoms with van der Waals surface area (Å²) in [5, 5.41) is 2.75. The van der Waals surface area contributed by atoms with Crippen LogP contribution in [0.25, 0.3) is 0 Å². The molecule has 2 rings (SSSR count). The van der Waals surface area contributed by atoms with Crippen molar-refractivity contribution in [2.24, 2.45) is 5.73 Å². The van der Waals surface area contributed by atoms with Gasteiger partial charge in [0.15, 0.2) is 9.84 Å². The smallest absolute Gasteiger partial charge is 0.321 e. The highest BCUT2D eigenvalue weighted by atomic mass is 32.2. The minimum Gasteiger partial charge on any atom is -0.326 e. The van der Waals surface area contributed by atoms with Crippen molar-refractivity contribution in [2.45, 2.75) is 19.0 Å². The second-order valence-corrected chi connectivity index (χ2v) is 7.23. The van der Waals surface area contributed by atoms with Crippen LogP contribution in [0.1, 0.15) is 12.0 Å². The Balaban J connectivity index is 1.97. The molecule has 1 saturated heterocycles. The number of benzene rings is 1. The van der Waals surface area contributed by atoms with E-state index in [4.69, 9.17) is 5.73 Å². The van der Waals surface area contributed by atoms with Crippen LogP contribution in [-0.4, -0.2) is 43.9 Å². The van der Waals surface area contributed by atoms with Gasteiger partial charge in [0.05, 0.1) is 11.5 Å². The predicted molar refractivity (Wildman–Crippen MR) is 78.2 cm³/mol. The van der Waals surface area contributed by atoms with Crippen LogP contribution in [0, 0.1) is 0 Å². The number of hydrogen-bond acceptors (Lipinski definition) is 4. The molecule has 20 heavy (non-hydrogen) atoms. The van der Waals surface area contributed by atoms with Gasteiger partial charge in [-0.1, -0.05) is 12.1 Å². The third-order valence-electron chi connectivity index (χ3n) is 3.52. The fourth-order valence-corrected chi connectivity index (χ4v) is 3.96. The molecule has 3 N–H and O–H groups in total. The van der Waals surface area contributed by atoms with Gasteiger partial charge in [0.25, 0.3) is 0 Å². The molecule has 1 aliphatic heterocycles.